The van der Waals surface area contributed by atoms with E-state index in [4.69, 9.17) is 4.74 Å². The van der Waals surface area contributed by atoms with E-state index in [1.807, 2.05) is 49.4 Å². The lowest BCUT2D eigenvalue weighted by atomic mass is 10.0. The largest absolute Gasteiger partial charge is 0.467 e. The van der Waals surface area contributed by atoms with Crippen molar-refractivity contribution < 1.29 is 14.3 Å². The average molecular weight is 348 g/mol. The third-order valence-electron chi connectivity index (χ3n) is 4.35. The van der Waals surface area contributed by atoms with Crippen molar-refractivity contribution >= 4 is 22.8 Å². The summed E-state index contributed by atoms with van der Waals surface area (Å²) in [6.07, 6.45) is 2.01. The van der Waals surface area contributed by atoms with Gasteiger partial charge in [0.2, 0.25) is 0 Å². The van der Waals surface area contributed by atoms with Gasteiger partial charge in [-0.05, 0) is 30.2 Å². The zero-order valence-corrected chi connectivity index (χ0v) is 14.7. The maximum atomic E-state index is 12.8. The number of hydrogen-bond donors (Lipinski definition) is 1. The van der Waals surface area contributed by atoms with E-state index in [0.29, 0.717) is 17.5 Å². The van der Waals surface area contributed by atoms with Crippen LogP contribution in [0.4, 0.5) is 0 Å². The normalized spacial score (nSPS) is 11.8. The van der Waals surface area contributed by atoms with E-state index < -0.39 is 12.0 Å². The number of nitrogens with zero attached hydrogens (tertiary/aromatic N) is 1. The molecular formula is C21H20N2O3. The highest BCUT2D eigenvalue weighted by molar-refractivity contribution is 6.06. The molecule has 132 valence electrons. The van der Waals surface area contributed by atoms with Crippen molar-refractivity contribution in [2.45, 2.75) is 19.4 Å². The minimum absolute atomic E-state index is 0.349. The van der Waals surface area contributed by atoms with Crippen LogP contribution in [0.3, 0.4) is 0 Å². The quantitative estimate of drug-likeness (QED) is 0.720. The molecule has 0 aliphatic heterocycles. The predicted molar refractivity (Wildman–Crippen MR) is 99.9 cm³/mol. The summed E-state index contributed by atoms with van der Waals surface area (Å²) in [5, 5.41) is 3.67. The van der Waals surface area contributed by atoms with Crippen LogP contribution in [0.15, 0.2) is 60.8 Å². The molecule has 0 bridgehead atoms. The molecular weight excluding hydrogens is 328 g/mol. The molecule has 1 N–H and O–H groups in total. The molecule has 3 aromatic rings. The Bertz CT molecular complexity index is 947. The highest BCUT2D eigenvalue weighted by Crippen LogP contribution is 2.17. The summed E-state index contributed by atoms with van der Waals surface area (Å²) >= 11 is 0. The molecule has 0 radical (unpaired) electrons. The van der Waals surface area contributed by atoms with E-state index in [1.165, 1.54) is 7.11 Å². The van der Waals surface area contributed by atoms with Gasteiger partial charge in [-0.1, -0.05) is 42.5 Å². The SMILES string of the molecule is COC(=O)[C@@H](Cc1ccccc1C)NC(=O)c1cccc2cccnc12. The van der Waals surface area contributed by atoms with Crippen molar-refractivity contribution in [1.82, 2.24) is 10.3 Å². The van der Waals surface area contributed by atoms with E-state index in [9.17, 15) is 9.59 Å². The number of ether oxygens (including phenoxy) is 1. The molecule has 0 saturated carbocycles. The second-order valence-corrected chi connectivity index (χ2v) is 6.06. The van der Waals surface area contributed by atoms with Gasteiger partial charge in [0.05, 0.1) is 18.2 Å². The Balaban J connectivity index is 1.88. The number of nitrogens with one attached hydrogen (secondary N) is 1. The van der Waals surface area contributed by atoms with Gasteiger partial charge in [0, 0.05) is 18.0 Å². The Kier molecular flexibility index (Phi) is 5.27. The van der Waals surface area contributed by atoms with Crippen LogP contribution in [0.5, 0.6) is 0 Å². The van der Waals surface area contributed by atoms with Gasteiger partial charge < -0.3 is 10.1 Å². The lowest BCUT2D eigenvalue weighted by molar-refractivity contribution is -0.142. The van der Waals surface area contributed by atoms with Gasteiger partial charge >= 0.3 is 5.97 Å². The summed E-state index contributed by atoms with van der Waals surface area (Å²) in [6, 6.07) is 16.1. The van der Waals surface area contributed by atoms with E-state index in [1.54, 1.807) is 18.3 Å². The van der Waals surface area contributed by atoms with Crippen LogP contribution in [0.1, 0.15) is 21.5 Å². The van der Waals surface area contributed by atoms with Crippen LogP contribution in [0.2, 0.25) is 0 Å². The summed E-state index contributed by atoms with van der Waals surface area (Å²) < 4.78 is 4.88. The van der Waals surface area contributed by atoms with Crippen LogP contribution in [0, 0.1) is 6.92 Å². The maximum absolute atomic E-state index is 12.8. The van der Waals surface area contributed by atoms with Gasteiger partial charge in [-0.15, -0.1) is 0 Å². The third kappa shape index (κ3) is 3.72. The molecule has 5 nitrogen and oxygen atoms in total. The first-order valence-corrected chi connectivity index (χ1v) is 8.37. The fourth-order valence-electron chi connectivity index (χ4n) is 2.92. The number of aromatic nitrogens is 1. The number of carbonyl (C=O) groups is 2. The van der Waals surface area contributed by atoms with Crippen molar-refractivity contribution in [3.8, 4) is 0 Å². The fourth-order valence-corrected chi connectivity index (χ4v) is 2.92. The number of amides is 1. The Morgan fingerprint density at radius 1 is 1.08 bits per heavy atom. The van der Waals surface area contributed by atoms with E-state index in [0.717, 1.165) is 16.5 Å². The van der Waals surface area contributed by atoms with Gasteiger partial charge in [-0.3, -0.25) is 9.78 Å². The number of aryl methyl sites for hydroxylation is 1. The first kappa shape index (κ1) is 17.6. The summed E-state index contributed by atoms with van der Waals surface area (Å²) in [5.41, 5.74) is 3.08. The number of fused-ring (bicyclic) bond motifs is 1. The zero-order chi connectivity index (χ0) is 18.5. The molecule has 0 aliphatic rings. The first-order valence-electron chi connectivity index (χ1n) is 8.37. The molecule has 3 rings (SSSR count). The van der Waals surface area contributed by atoms with Crippen LogP contribution in [-0.2, 0) is 16.0 Å². The van der Waals surface area contributed by atoms with Crippen molar-refractivity contribution in [3.05, 3.63) is 77.5 Å². The fraction of sp³-hybridized carbons (Fsp3) is 0.190. The van der Waals surface area contributed by atoms with Crippen molar-refractivity contribution in [2.24, 2.45) is 0 Å². The number of hydrogen-bond acceptors (Lipinski definition) is 4. The molecule has 5 heteroatoms. The van der Waals surface area contributed by atoms with Gasteiger partial charge in [0.15, 0.2) is 0 Å². The molecule has 0 fully saturated rings. The highest BCUT2D eigenvalue weighted by Gasteiger charge is 2.24. The lowest BCUT2D eigenvalue weighted by Crippen LogP contribution is -2.43. The van der Waals surface area contributed by atoms with Crippen LogP contribution in [0.25, 0.3) is 10.9 Å². The Labute approximate surface area is 152 Å². The van der Waals surface area contributed by atoms with Gasteiger partial charge in [-0.2, -0.15) is 0 Å². The summed E-state index contributed by atoms with van der Waals surface area (Å²) in [6.45, 7) is 1.97. The van der Waals surface area contributed by atoms with Crippen molar-refractivity contribution in [3.63, 3.8) is 0 Å². The number of benzene rings is 2. The average Bonchev–Trinajstić information content (AvgIpc) is 2.67. The number of para-hydroxylation sites is 1. The van der Waals surface area contributed by atoms with E-state index in [2.05, 4.69) is 10.3 Å². The van der Waals surface area contributed by atoms with Gasteiger partial charge in [-0.25, -0.2) is 4.79 Å². The number of pyridine rings is 1. The van der Waals surface area contributed by atoms with Crippen molar-refractivity contribution in [1.29, 1.82) is 0 Å². The summed E-state index contributed by atoms with van der Waals surface area (Å²) in [4.78, 5) is 29.3. The Hall–Kier alpha value is -3.21. The molecule has 0 aliphatic carbocycles. The van der Waals surface area contributed by atoms with Gasteiger partial charge in [0.25, 0.3) is 5.91 Å². The van der Waals surface area contributed by atoms with E-state index >= 15 is 0 Å². The molecule has 1 amide bonds. The monoisotopic (exact) mass is 348 g/mol. The summed E-state index contributed by atoms with van der Waals surface area (Å²) in [7, 11) is 1.32. The number of carbonyl (C=O) groups excluding carboxylic acids is 2. The van der Waals surface area contributed by atoms with Crippen LogP contribution >= 0.6 is 0 Å². The topological polar surface area (TPSA) is 68.3 Å². The third-order valence-corrected chi connectivity index (χ3v) is 4.35. The van der Waals surface area contributed by atoms with Gasteiger partial charge in [0.1, 0.15) is 6.04 Å². The summed E-state index contributed by atoms with van der Waals surface area (Å²) in [5.74, 6) is -0.826. The number of rotatable bonds is 5. The molecule has 1 aromatic heterocycles. The molecule has 26 heavy (non-hydrogen) atoms. The molecule has 0 saturated heterocycles. The Morgan fingerprint density at radius 3 is 2.62 bits per heavy atom. The zero-order valence-electron chi connectivity index (χ0n) is 14.7. The predicted octanol–water partition coefficient (Wildman–Crippen LogP) is 3.06. The minimum atomic E-state index is -0.771. The molecule has 1 atom stereocenters. The lowest BCUT2D eigenvalue weighted by Gasteiger charge is -2.18. The molecule has 0 unspecified atom stereocenters. The standard InChI is InChI=1S/C21H20N2O3/c1-14-7-3-4-8-16(14)13-18(21(25)26-2)23-20(24)17-11-5-9-15-10-6-12-22-19(15)17/h3-12,18H,13H2,1-2H3,(H,23,24)/t18-/m1/s1. The highest BCUT2D eigenvalue weighted by atomic mass is 16.5. The Morgan fingerprint density at radius 2 is 1.85 bits per heavy atom. The van der Waals surface area contributed by atoms with E-state index in [-0.39, 0.29) is 5.91 Å². The second kappa shape index (κ2) is 7.78. The smallest absolute Gasteiger partial charge is 0.328 e. The maximum Gasteiger partial charge on any atom is 0.328 e. The van der Waals surface area contributed by atoms with Crippen LogP contribution < -0.4 is 5.32 Å². The molecule has 1 heterocycles. The molecule has 0 spiro atoms. The number of methoxy groups -OCH3 is 1. The van der Waals surface area contributed by atoms with Crippen molar-refractivity contribution in [2.75, 3.05) is 7.11 Å². The number of esters is 1. The van der Waals surface area contributed by atoms with Crippen LogP contribution in [-0.4, -0.2) is 30.0 Å². The second-order valence-electron chi connectivity index (χ2n) is 6.06. The minimum Gasteiger partial charge on any atom is -0.467 e. The molecule has 2 aromatic carbocycles. The first-order chi connectivity index (χ1) is 12.6.